The smallest absolute Gasteiger partial charge is 0.270 e. The summed E-state index contributed by atoms with van der Waals surface area (Å²) in [5.74, 6) is 0.731. The Balaban J connectivity index is 1.60. The van der Waals surface area contributed by atoms with Crippen LogP contribution in [-0.2, 0) is 11.5 Å². The number of hydrogen-bond acceptors (Lipinski definition) is 4. The zero-order valence-corrected chi connectivity index (χ0v) is 17.1. The number of halogens is 1. The van der Waals surface area contributed by atoms with Crippen molar-refractivity contribution in [1.82, 2.24) is 14.8 Å². The van der Waals surface area contributed by atoms with Crippen LogP contribution in [0.4, 0.5) is 0 Å². The van der Waals surface area contributed by atoms with E-state index in [-0.39, 0.29) is 17.9 Å². The van der Waals surface area contributed by atoms with Crippen LogP contribution < -0.4 is 5.32 Å². The number of oxazole rings is 1. The fourth-order valence-electron chi connectivity index (χ4n) is 3.22. The highest BCUT2D eigenvalue weighted by Crippen LogP contribution is 2.24. The van der Waals surface area contributed by atoms with Gasteiger partial charge in [-0.1, -0.05) is 25.4 Å². The first-order chi connectivity index (χ1) is 12.3. The predicted molar refractivity (Wildman–Crippen MR) is 107 cm³/mol. The molecule has 1 aliphatic rings. The van der Waals surface area contributed by atoms with Crippen molar-refractivity contribution in [2.24, 2.45) is 11.8 Å². The van der Waals surface area contributed by atoms with Crippen molar-refractivity contribution in [2.45, 2.75) is 46.3 Å². The lowest BCUT2D eigenvalue weighted by molar-refractivity contribution is -0.127. The van der Waals surface area contributed by atoms with Gasteiger partial charge in [0.1, 0.15) is 0 Å². The summed E-state index contributed by atoms with van der Waals surface area (Å²) in [4.78, 5) is 15.2. The summed E-state index contributed by atoms with van der Waals surface area (Å²) in [6.07, 6.45) is 1.73. The molecule has 0 bridgehead atoms. The van der Waals surface area contributed by atoms with E-state index in [2.05, 4.69) is 31.0 Å². The third kappa shape index (κ3) is 4.30. The van der Waals surface area contributed by atoms with Gasteiger partial charge in [0.2, 0.25) is 5.91 Å². The number of benzene rings is 1. The second-order valence-corrected chi connectivity index (χ2v) is 8.27. The number of piperidine rings is 1. The van der Waals surface area contributed by atoms with Crippen LogP contribution in [-0.4, -0.2) is 34.5 Å². The van der Waals surface area contributed by atoms with Crippen molar-refractivity contribution in [2.75, 3.05) is 13.1 Å². The minimum atomic E-state index is 0.0975. The zero-order chi connectivity index (χ0) is 18.8. The highest BCUT2D eigenvalue weighted by Gasteiger charge is 2.26. The standard InChI is InChI=1S/C19H26ClN3O2S/c1-12(2)13(3)21-18(24)14-6-8-22(9-7-14)11-23-16-5-4-15(20)10-17(16)25-19(23)26/h4-5,10,12-14H,6-9,11H2,1-3H3,(H,21,24). The van der Waals surface area contributed by atoms with Crippen molar-refractivity contribution in [3.8, 4) is 0 Å². The van der Waals surface area contributed by atoms with Crippen LogP contribution in [0.25, 0.3) is 11.1 Å². The number of amides is 1. The molecule has 3 rings (SSSR count). The number of likely N-dealkylation sites (tertiary alicyclic amines) is 1. The van der Waals surface area contributed by atoms with Crippen LogP contribution in [0.5, 0.6) is 0 Å². The third-order valence-electron chi connectivity index (χ3n) is 5.30. The minimum Gasteiger partial charge on any atom is -0.429 e. The molecule has 1 aromatic heterocycles. The molecule has 5 nitrogen and oxygen atoms in total. The van der Waals surface area contributed by atoms with E-state index in [4.69, 9.17) is 28.2 Å². The topological polar surface area (TPSA) is 50.4 Å². The highest BCUT2D eigenvalue weighted by molar-refractivity contribution is 7.71. The second-order valence-electron chi connectivity index (χ2n) is 7.48. The Hall–Kier alpha value is -1.37. The van der Waals surface area contributed by atoms with Crippen LogP contribution >= 0.6 is 23.8 Å². The molecule has 1 N–H and O–H groups in total. The van der Waals surface area contributed by atoms with Crippen molar-refractivity contribution < 1.29 is 9.21 Å². The van der Waals surface area contributed by atoms with E-state index in [0.717, 1.165) is 31.4 Å². The Morgan fingerprint density at radius 3 is 2.69 bits per heavy atom. The molecule has 1 fully saturated rings. The lowest BCUT2D eigenvalue weighted by atomic mass is 9.95. The fourth-order valence-corrected chi connectivity index (χ4v) is 3.63. The maximum atomic E-state index is 12.4. The molecular weight excluding hydrogens is 370 g/mol. The molecule has 1 aliphatic heterocycles. The maximum absolute atomic E-state index is 12.4. The van der Waals surface area contributed by atoms with E-state index in [1.165, 1.54) is 0 Å². The third-order valence-corrected chi connectivity index (χ3v) is 5.84. The number of fused-ring (bicyclic) bond motifs is 1. The van der Waals surface area contributed by atoms with E-state index >= 15 is 0 Å². The largest absolute Gasteiger partial charge is 0.429 e. The molecule has 0 saturated carbocycles. The van der Waals surface area contributed by atoms with Gasteiger partial charge in [0, 0.05) is 36.1 Å². The van der Waals surface area contributed by atoms with E-state index in [0.29, 0.717) is 28.0 Å². The number of carbonyl (C=O) groups is 1. The Bertz CT molecular complexity index is 837. The SMILES string of the molecule is CC(C)C(C)NC(=O)C1CCN(Cn2c(=S)oc3cc(Cl)ccc32)CC1. The van der Waals surface area contributed by atoms with Gasteiger partial charge in [-0.3, -0.25) is 14.3 Å². The molecule has 1 amide bonds. The lowest BCUT2D eigenvalue weighted by Gasteiger charge is -2.32. The van der Waals surface area contributed by atoms with Gasteiger partial charge in [-0.25, -0.2) is 0 Å². The Labute approximate surface area is 164 Å². The molecule has 1 aromatic carbocycles. The normalized spacial score (nSPS) is 17.7. The lowest BCUT2D eigenvalue weighted by Crippen LogP contribution is -2.44. The Morgan fingerprint density at radius 1 is 1.35 bits per heavy atom. The van der Waals surface area contributed by atoms with Gasteiger partial charge in [0.15, 0.2) is 5.58 Å². The van der Waals surface area contributed by atoms with Gasteiger partial charge in [-0.05, 0) is 50.0 Å². The highest BCUT2D eigenvalue weighted by atomic mass is 35.5. The van der Waals surface area contributed by atoms with E-state index < -0.39 is 0 Å². The molecule has 0 spiro atoms. The molecular formula is C19H26ClN3O2S. The van der Waals surface area contributed by atoms with Crippen LogP contribution in [0.3, 0.4) is 0 Å². The summed E-state index contributed by atoms with van der Waals surface area (Å²) in [5, 5.41) is 3.78. The summed E-state index contributed by atoms with van der Waals surface area (Å²) >= 11 is 11.4. The molecule has 1 unspecified atom stereocenters. The summed E-state index contributed by atoms with van der Waals surface area (Å²) in [5.41, 5.74) is 1.66. The molecule has 1 saturated heterocycles. The fraction of sp³-hybridized carbons (Fsp3) is 0.579. The zero-order valence-electron chi connectivity index (χ0n) is 15.5. The van der Waals surface area contributed by atoms with Crippen molar-refractivity contribution in [1.29, 1.82) is 0 Å². The Kier molecular flexibility index (Phi) is 6.05. The first-order valence-electron chi connectivity index (χ1n) is 9.16. The van der Waals surface area contributed by atoms with Crippen LogP contribution in [0, 0.1) is 16.7 Å². The van der Waals surface area contributed by atoms with Gasteiger partial charge in [-0.15, -0.1) is 0 Å². The summed E-state index contributed by atoms with van der Waals surface area (Å²) < 4.78 is 7.64. The molecule has 2 heterocycles. The summed E-state index contributed by atoms with van der Waals surface area (Å²) in [6.45, 7) is 8.73. The molecule has 1 atom stereocenters. The molecule has 0 radical (unpaired) electrons. The second kappa shape index (κ2) is 8.11. The molecule has 7 heteroatoms. The average Bonchev–Trinajstić information content (AvgIpc) is 2.90. The van der Waals surface area contributed by atoms with Gasteiger partial charge in [0.05, 0.1) is 12.2 Å². The minimum absolute atomic E-state index is 0.0975. The van der Waals surface area contributed by atoms with E-state index in [1.54, 1.807) is 6.07 Å². The quantitative estimate of drug-likeness (QED) is 0.760. The molecule has 26 heavy (non-hydrogen) atoms. The van der Waals surface area contributed by atoms with Crippen LogP contribution in [0.15, 0.2) is 22.6 Å². The number of aromatic nitrogens is 1. The maximum Gasteiger partial charge on any atom is 0.270 e. The molecule has 0 aliphatic carbocycles. The van der Waals surface area contributed by atoms with Crippen molar-refractivity contribution >= 4 is 40.8 Å². The van der Waals surface area contributed by atoms with E-state index in [9.17, 15) is 4.79 Å². The van der Waals surface area contributed by atoms with Gasteiger partial charge < -0.3 is 9.73 Å². The summed E-state index contributed by atoms with van der Waals surface area (Å²) in [6, 6.07) is 5.78. The molecule has 142 valence electrons. The number of nitrogens with zero attached hydrogens (tertiary/aromatic N) is 2. The van der Waals surface area contributed by atoms with Crippen molar-refractivity contribution in [3.05, 3.63) is 28.1 Å². The Morgan fingerprint density at radius 2 is 2.04 bits per heavy atom. The predicted octanol–water partition coefficient (Wildman–Crippen LogP) is 4.45. The number of carbonyl (C=O) groups excluding carboxylic acids is 1. The molecule has 2 aromatic rings. The van der Waals surface area contributed by atoms with Crippen LogP contribution in [0.2, 0.25) is 5.02 Å². The van der Waals surface area contributed by atoms with Gasteiger partial charge in [0.25, 0.3) is 4.84 Å². The first-order valence-corrected chi connectivity index (χ1v) is 9.95. The monoisotopic (exact) mass is 395 g/mol. The van der Waals surface area contributed by atoms with Crippen molar-refractivity contribution in [3.63, 3.8) is 0 Å². The number of hydrogen-bond donors (Lipinski definition) is 1. The number of rotatable bonds is 5. The number of nitrogens with one attached hydrogen (secondary N) is 1. The average molecular weight is 396 g/mol. The van der Waals surface area contributed by atoms with E-state index in [1.807, 2.05) is 16.7 Å². The van der Waals surface area contributed by atoms with Crippen LogP contribution in [0.1, 0.15) is 33.6 Å². The summed E-state index contributed by atoms with van der Waals surface area (Å²) in [7, 11) is 0. The first kappa shape index (κ1) is 19.4. The van der Waals surface area contributed by atoms with Gasteiger partial charge >= 0.3 is 0 Å². The van der Waals surface area contributed by atoms with Gasteiger partial charge in [-0.2, -0.15) is 0 Å².